The summed E-state index contributed by atoms with van der Waals surface area (Å²) in [7, 11) is 0. The summed E-state index contributed by atoms with van der Waals surface area (Å²) in [5.41, 5.74) is 3.37. The number of ether oxygens (including phenoxy) is 1. The van der Waals surface area contributed by atoms with Crippen molar-refractivity contribution in [2.75, 3.05) is 23.4 Å². The van der Waals surface area contributed by atoms with E-state index in [9.17, 15) is 9.59 Å². The molecule has 0 aliphatic carbocycles. The first-order valence-corrected chi connectivity index (χ1v) is 9.83. The number of nitrogens with zero attached hydrogens (tertiary/aromatic N) is 2. The number of para-hydroxylation sites is 2. The van der Waals surface area contributed by atoms with Crippen LogP contribution in [0.4, 0.5) is 11.4 Å². The SMILES string of the molecule is Cc1nc(-c2ccc(NC(=O)CCN3C(=O)COc4ccccc43)cc2)cs1. The van der Waals surface area contributed by atoms with Crippen LogP contribution in [0, 0.1) is 6.92 Å². The minimum absolute atomic E-state index is 0.00378. The number of anilines is 2. The van der Waals surface area contributed by atoms with Crippen molar-refractivity contribution in [1.29, 1.82) is 0 Å². The first kappa shape index (κ1) is 18.2. The van der Waals surface area contributed by atoms with E-state index in [2.05, 4.69) is 10.3 Å². The smallest absolute Gasteiger partial charge is 0.265 e. The third kappa shape index (κ3) is 3.89. The molecule has 1 N–H and O–H groups in total. The second-order valence-corrected chi connectivity index (χ2v) is 7.49. The molecule has 3 aromatic rings. The Bertz CT molecular complexity index is 1010. The highest BCUT2D eigenvalue weighted by atomic mass is 32.1. The summed E-state index contributed by atoms with van der Waals surface area (Å²) in [6.45, 7) is 2.28. The molecule has 2 amide bonds. The van der Waals surface area contributed by atoms with Gasteiger partial charge in [-0.15, -0.1) is 11.3 Å². The number of benzene rings is 2. The standard InChI is InChI=1S/C21H19N3O3S/c1-14-22-17(13-28-14)15-6-8-16(9-7-15)23-20(25)10-11-24-18-4-2-3-5-19(18)27-12-21(24)26/h2-9,13H,10-12H2,1H3,(H,23,25). The van der Waals surface area contributed by atoms with E-state index in [0.717, 1.165) is 22.0 Å². The molecule has 1 aliphatic heterocycles. The Morgan fingerprint density at radius 2 is 2.00 bits per heavy atom. The zero-order chi connectivity index (χ0) is 19.5. The second kappa shape index (κ2) is 7.82. The lowest BCUT2D eigenvalue weighted by atomic mass is 10.1. The lowest BCUT2D eigenvalue weighted by molar-refractivity contribution is -0.121. The Morgan fingerprint density at radius 3 is 2.75 bits per heavy atom. The summed E-state index contributed by atoms with van der Waals surface area (Å²) in [4.78, 5) is 30.6. The van der Waals surface area contributed by atoms with E-state index in [0.29, 0.717) is 18.0 Å². The molecule has 0 spiro atoms. The highest BCUT2D eigenvalue weighted by molar-refractivity contribution is 7.09. The fourth-order valence-corrected chi connectivity index (χ4v) is 3.68. The van der Waals surface area contributed by atoms with Gasteiger partial charge < -0.3 is 15.0 Å². The number of hydrogen-bond donors (Lipinski definition) is 1. The minimum Gasteiger partial charge on any atom is -0.482 e. The molecule has 142 valence electrons. The van der Waals surface area contributed by atoms with Crippen molar-refractivity contribution in [2.45, 2.75) is 13.3 Å². The fraction of sp³-hybridized carbons (Fsp3) is 0.190. The third-order valence-corrected chi connectivity index (χ3v) is 5.23. The molecule has 1 aromatic heterocycles. The van der Waals surface area contributed by atoms with Crippen molar-refractivity contribution >= 4 is 34.5 Å². The van der Waals surface area contributed by atoms with Crippen LogP contribution in [0.15, 0.2) is 53.9 Å². The lowest BCUT2D eigenvalue weighted by Gasteiger charge is -2.29. The van der Waals surface area contributed by atoms with Crippen molar-refractivity contribution in [3.05, 3.63) is 58.9 Å². The van der Waals surface area contributed by atoms with E-state index < -0.39 is 0 Å². The molecule has 0 fully saturated rings. The second-order valence-electron chi connectivity index (χ2n) is 6.43. The van der Waals surface area contributed by atoms with Gasteiger partial charge in [-0.05, 0) is 31.2 Å². The first-order chi connectivity index (χ1) is 13.6. The van der Waals surface area contributed by atoms with E-state index in [1.165, 1.54) is 0 Å². The molecular weight excluding hydrogens is 374 g/mol. The molecule has 2 aromatic carbocycles. The van der Waals surface area contributed by atoms with Gasteiger partial charge in [0.1, 0.15) is 5.75 Å². The van der Waals surface area contributed by atoms with Crippen LogP contribution in [0.5, 0.6) is 5.75 Å². The molecule has 2 heterocycles. The number of amides is 2. The van der Waals surface area contributed by atoms with Crippen molar-refractivity contribution in [2.24, 2.45) is 0 Å². The summed E-state index contributed by atoms with van der Waals surface area (Å²) >= 11 is 1.61. The van der Waals surface area contributed by atoms with Crippen LogP contribution < -0.4 is 15.0 Å². The normalized spacial score (nSPS) is 13.0. The fourth-order valence-electron chi connectivity index (χ4n) is 3.06. The monoisotopic (exact) mass is 393 g/mol. The minimum atomic E-state index is -0.144. The highest BCUT2D eigenvalue weighted by Crippen LogP contribution is 2.31. The quantitative estimate of drug-likeness (QED) is 0.714. The molecule has 0 unspecified atom stereocenters. The zero-order valence-corrected chi connectivity index (χ0v) is 16.2. The molecule has 0 radical (unpaired) electrons. The molecule has 0 saturated carbocycles. The molecule has 4 rings (SSSR count). The highest BCUT2D eigenvalue weighted by Gasteiger charge is 2.25. The summed E-state index contributed by atoms with van der Waals surface area (Å²) in [5, 5.41) is 5.91. The van der Waals surface area contributed by atoms with Crippen molar-refractivity contribution in [3.8, 4) is 17.0 Å². The Labute approximate surface area is 166 Å². The molecule has 0 atom stereocenters. The molecule has 28 heavy (non-hydrogen) atoms. The summed E-state index contributed by atoms with van der Waals surface area (Å²) in [6.07, 6.45) is 0.201. The van der Waals surface area contributed by atoms with E-state index in [1.54, 1.807) is 16.2 Å². The van der Waals surface area contributed by atoms with Crippen LogP contribution in [0.25, 0.3) is 11.3 Å². The molecule has 6 nitrogen and oxygen atoms in total. The van der Waals surface area contributed by atoms with Crippen LogP contribution in [0.1, 0.15) is 11.4 Å². The summed E-state index contributed by atoms with van der Waals surface area (Å²) in [5.74, 6) is 0.374. The van der Waals surface area contributed by atoms with Crippen LogP contribution in [0.3, 0.4) is 0 Å². The van der Waals surface area contributed by atoms with Crippen LogP contribution in [0.2, 0.25) is 0 Å². The van der Waals surface area contributed by atoms with Crippen molar-refractivity contribution in [1.82, 2.24) is 4.98 Å². The maximum absolute atomic E-state index is 12.3. The number of carbonyl (C=O) groups excluding carboxylic acids is 2. The average molecular weight is 393 g/mol. The van der Waals surface area contributed by atoms with Crippen molar-refractivity contribution < 1.29 is 14.3 Å². The van der Waals surface area contributed by atoms with Crippen LogP contribution >= 0.6 is 11.3 Å². The largest absolute Gasteiger partial charge is 0.482 e. The number of thiazole rings is 1. The van der Waals surface area contributed by atoms with Gasteiger partial charge in [-0.3, -0.25) is 9.59 Å². The molecule has 0 bridgehead atoms. The number of carbonyl (C=O) groups is 2. The van der Waals surface area contributed by atoms with Crippen LogP contribution in [-0.4, -0.2) is 29.9 Å². The topological polar surface area (TPSA) is 71.5 Å². The number of aryl methyl sites for hydroxylation is 1. The number of hydrogen-bond acceptors (Lipinski definition) is 5. The van der Waals surface area contributed by atoms with E-state index in [4.69, 9.17) is 4.74 Å². The maximum atomic E-state index is 12.3. The predicted molar refractivity (Wildman–Crippen MR) is 110 cm³/mol. The number of rotatable bonds is 5. The molecule has 0 saturated heterocycles. The summed E-state index contributed by atoms with van der Waals surface area (Å²) < 4.78 is 5.42. The van der Waals surface area contributed by atoms with Gasteiger partial charge in [0, 0.05) is 29.6 Å². The number of fused-ring (bicyclic) bond motifs is 1. The van der Waals surface area contributed by atoms with Gasteiger partial charge in [-0.2, -0.15) is 0 Å². The zero-order valence-electron chi connectivity index (χ0n) is 15.3. The third-order valence-electron chi connectivity index (χ3n) is 4.45. The van der Waals surface area contributed by atoms with Gasteiger partial charge >= 0.3 is 0 Å². The molecular formula is C21H19N3O3S. The predicted octanol–water partition coefficient (Wildman–Crippen LogP) is 3.87. The van der Waals surface area contributed by atoms with Crippen LogP contribution in [-0.2, 0) is 9.59 Å². The lowest BCUT2D eigenvalue weighted by Crippen LogP contribution is -2.40. The summed E-state index contributed by atoms with van der Waals surface area (Å²) in [6, 6.07) is 14.9. The Morgan fingerprint density at radius 1 is 1.21 bits per heavy atom. The Balaban J connectivity index is 1.37. The average Bonchev–Trinajstić information content (AvgIpc) is 3.14. The molecule has 7 heteroatoms. The van der Waals surface area contributed by atoms with Gasteiger partial charge in [0.25, 0.3) is 5.91 Å². The van der Waals surface area contributed by atoms with Crippen molar-refractivity contribution in [3.63, 3.8) is 0 Å². The van der Waals surface area contributed by atoms with E-state index in [-0.39, 0.29) is 24.8 Å². The van der Waals surface area contributed by atoms with Gasteiger partial charge in [0.15, 0.2) is 6.61 Å². The Hall–Kier alpha value is -3.19. The van der Waals surface area contributed by atoms with E-state index >= 15 is 0 Å². The molecule has 1 aliphatic rings. The first-order valence-electron chi connectivity index (χ1n) is 8.95. The van der Waals surface area contributed by atoms with Gasteiger partial charge in [-0.25, -0.2) is 4.98 Å². The van der Waals surface area contributed by atoms with Gasteiger partial charge in [-0.1, -0.05) is 24.3 Å². The van der Waals surface area contributed by atoms with Gasteiger partial charge in [0.05, 0.1) is 16.4 Å². The number of aromatic nitrogens is 1. The van der Waals surface area contributed by atoms with Gasteiger partial charge in [0.2, 0.25) is 5.91 Å². The maximum Gasteiger partial charge on any atom is 0.265 e. The van der Waals surface area contributed by atoms with E-state index in [1.807, 2.05) is 60.8 Å². The number of nitrogens with one attached hydrogen (secondary N) is 1. The Kier molecular flexibility index (Phi) is 5.08.